The molecule has 1 aromatic rings. The molecule has 0 atom stereocenters. The fourth-order valence-electron chi connectivity index (χ4n) is 6.86. The highest BCUT2D eigenvalue weighted by Crippen LogP contribution is 2.60. The van der Waals surface area contributed by atoms with Crippen LogP contribution < -0.4 is 0 Å². The van der Waals surface area contributed by atoms with E-state index in [1.165, 1.54) is 24.8 Å². The standard InChI is InChI=1S/C23H27BrClNO/c1-22(2)12-16-6-19(25)18(24)7-17(16)20(26-22)8-21(27)23-9-13-3-14(10-23)5-15(4-13)11-23/h6-7,13-15H,3-5,8-12H2,1-2H3. The van der Waals surface area contributed by atoms with Crippen molar-refractivity contribution in [2.24, 2.45) is 28.2 Å². The highest BCUT2D eigenvalue weighted by Gasteiger charge is 2.54. The predicted molar refractivity (Wildman–Crippen MR) is 114 cm³/mol. The number of benzene rings is 1. The van der Waals surface area contributed by atoms with Crippen molar-refractivity contribution in [2.75, 3.05) is 0 Å². The molecule has 4 fully saturated rings. The van der Waals surface area contributed by atoms with Gasteiger partial charge in [-0.3, -0.25) is 9.79 Å². The second kappa shape index (κ2) is 6.16. The van der Waals surface area contributed by atoms with Crippen molar-refractivity contribution in [2.45, 2.75) is 70.8 Å². The first-order valence-corrected chi connectivity index (χ1v) is 11.5. The van der Waals surface area contributed by atoms with Crippen molar-refractivity contribution in [1.82, 2.24) is 0 Å². The van der Waals surface area contributed by atoms with E-state index < -0.39 is 0 Å². The molecule has 0 spiro atoms. The Bertz CT molecular complexity index is 821. The zero-order chi connectivity index (χ0) is 19.0. The van der Waals surface area contributed by atoms with Crippen LogP contribution in [0.15, 0.2) is 21.6 Å². The van der Waals surface area contributed by atoms with Crippen LogP contribution >= 0.6 is 27.5 Å². The average Bonchev–Trinajstić information content (AvgIpc) is 2.54. The molecule has 0 aromatic heterocycles. The SMILES string of the molecule is CC1(C)Cc2cc(Cl)c(Br)cc2C(CC(=O)C23CC4CC(CC(C4)C2)C3)=N1. The van der Waals surface area contributed by atoms with Crippen LogP contribution in [0.2, 0.25) is 5.02 Å². The summed E-state index contributed by atoms with van der Waals surface area (Å²) in [7, 11) is 0. The molecule has 5 aliphatic rings. The number of Topliss-reactive ketones (excluding diaryl/α,β-unsaturated/α-hetero) is 1. The Kier molecular flexibility index (Phi) is 4.19. The number of hydrogen-bond donors (Lipinski definition) is 0. The molecular weight excluding hydrogens is 422 g/mol. The minimum Gasteiger partial charge on any atom is -0.299 e. The molecule has 2 nitrogen and oxygen atoms in total. The number of hydrogen-bond acceptors (Lipinski definition) is 2. The van der Waals surface area contributed by atoms with Gasteiger partial charge in [-0.25, -0.2) is 0 Å². The minimum absolute atomic E-state index is 0.0529. The lowest BCUT2D eigenvalue weighted by atomic mass is 9.48. The Morgan fingerprint density at radius 1 is 1.15 bits per heavy atom. The Morgan fingerprint density at radius 2 is 1.74 bits per heavy atom. The van der Waals surface area contributed by atoms with Gasteiger partial charge in [0.25, 0.3) is 0 Å². The zero-order valence-corrected chi connectivity index (χ0v) is 18.5. The Balaban J connectivity index is 1.47. The summed E-state index contributed by atoms with van der Waals surface area (Å²) in [6.07, 6.45) is 8.85. The molecule has 0 saturated heterocycles. The van der Waals surface area contributed by atoms with Crippen LogP contribution in [0.1, 0.15) is 69.9 Å². The summed E-state index contributed by atoms with van der Waals surface area (Å²) in [6.45, 7) is 4.31. The summed E-state index contributed by atoms with van der Waals surface area (Å²) in [5.41, 5.74) is 3.07. The molecule has 1 heterocycles. The number of carbonyl (C=O) groups is 1. The number of aliphatic imine (C=N–C) groups is 1. The number of ketones is 1. The molecule has 144 valence electrons. The fraction of sp³-hybridized carbons (Fsp3) is 0.652. The summed E-state index contributed by atoms with van der Waals surface area (Å²) in [6, 6.07) is 4.12. The van der Waals surface area contributed by atoms with E-state index >= 15 is 0 Å². The molecule has 27 heavy (non-hydrogen) atoms. The predicted octanol–water partition coefficient (Wildman–Crippen LogP) is 6.40. The Morgan fingerprint density at radius 3 is 2.33 bits per heavy atom. The van der Waals surface area contributed by atoms with Gasteiger partial charge in [-0.05, 0) is 110 Å². The first-order chi connectivity index (χ1) is 12.7. The maximum atomic E-state index is 13.6. The van der Waals surface area contributed by atoms with Gasteiger partial charge in [-0.2, -0.15) is 0 Å². The van der Waals surface area contributed by atoms with Crippen molar-refractivity contribution in [3.63, 3.8) is 0 Å². The van der Waals surface area contributed by atoms with Gasteiger partial charge in [0.2, 0.25) is 0 Å². The van der Waals surface area contributed by atoms with Crippen LogP contribution in [-0.4, -0.2) is 17.0 Å². The van der Waals surface area contributed by atoms with Gasteiger partial charge in [-0.15, -0.1) is 0 Å². The smallest absolute Gasteiger partial charge is 0.145 e. The number of rotatable bonds is 3. The summed E-state index contributed by atoms with van der Waals surface area (Å²) < 4.78 is 0.887. The first-order valence-electron chi connectivity index (χ1n) is 10.3. The highest BCUT2D eigenvalue weighted by atomic mass is 79.9. The normalized spacial score (nSPS) is 35.7. The molecule has 0 amide bonds. The van der Waals surface area contributed by atoms with E-state index in [4.69, 9.17) is 16.6 Å². The molecule has 4 bridgehead atoms. The fourth-order valence-corrected chi connectivity index (χ4v) is 7.39. The molecule has 4 heteroatoms. The molecule has 0 N–H and O–H groups in total. The first kappa shape index (κ1) is 18.4. The van der Waals surface area contributed by atoms with Crippen LogP contribution in [0.4, 0.5) is 0 Å². The summed E-state index contributed by atoms with van der Waals surface area (Å²) in [5, 5.41) is 0.734. The lowest BCUT2D eigenvalue weighted by Crippen LogP contribution is -2.50. The van der Waals surface area contributed by atoms with Crippen LogP contribution in [0.25, 0.3) is 0 Å². The number of fused-ring (bicyclic) bond motifs is 1. The van der Waals surface area contributed by atoms with Gasteiger partial charge < -0.3 is 0 Å². The molecule has 6 rings (SSSR count). The van der Waals surface area contributed by atoms with Crippen molar-refractivity contribution in [3.05, 3.63) is 32.8 Å². The van der Waals surface area contributed by atoms with Crippen LogP contribution in [0.5, 0.6) is 0 Å². The van der Waals surface area contributed by atoms with E-state index in [9.17, 15) is 4.79 Å². The van der Waals surface area contributed by atoms with Crippen LogP contribution in [-0.2, 0) is 11.2 Å². The third-order valence-corrected chi connectivity index (χ3v) is 8.67. The van der Waals surface area contributed by atoms with Gasteiger partial charge in [0.1, 0.15) is 5.78 Å². The quantitative estimate of drug-likeness (QED) is 0.526. The second-order valence-electron chi connectivity index (χ2n) is 10.3. The van der Waals surface area contributed by atoms with Crippen molar-refractivity contribution in [1.29, 1.82) is 0 Å². The lowest BCUT2D eigenvalue weighted by molar-refractivity contribution is -0.142. The van der Waals surface area contributed by atoms with E-state index in [1.807, 2.05) is 6.07 Å². The van der Waals surface area contributed by atoms with Crippen molar-refractivity contribution < 1.29 is 4.79 Å². The maximum absolute atomic E-state index is 13.6. The van der Waals surface area contributed by atoms with Gasteiger partial charge in [-0.1, -0.05) is 11.6 Å². The Hall–Kier alpha value is -0.670. The van der Waals surface area contributed by atoms with Crippen molar-refractivity contribution >= 4 is 39.0 Å². The average molecular weight is 449 g/mol. The van der Waals surface area contributed by atoms with Crippen LogP contribution in [0, 0.1) is 23.2 Å². The van der Waals surface area contributed by atoms with Gasteiger partial charge >= 0.3 is 0 Å². The monoisotopic (exact) mass is 447 g/mol. The van der Waals surface area contributed by atoms with Crippen molar-refractivity contribution in [3.8, 4) is 0 Å². The molecule has 1 aliphatic heterocycles. The van der Waals surface area contributed by atoms with Gasteiger partial charge in [0.15, 0.2) is 0 Å². The topological polar surface area (TPSA) is 29.4 Å². The van der Waals surface area contributed by atoms with E-state index in [-0.39, 0.29) is 11.0 Å². The maximum Gasteiger partial charge on any atom is 0.145 e. The van der Waals surface area contributed by atoms with Crippen LogP contribution in [0.3, 0.4) is 0 Å². The van der Waals surface area contributed by atoms with E-state index in [1.54, 1.807) is 0 Å². The van der Waals surface area contributed by atoms with Gasteiger partial charge in [0, 0.05) is 21.9 Å². The Labute approximate surface area is 175 Å². The van der Waals surface area contributed by atoms with E-state index in [2.05, 4.69) is 35.8 Å². The molecule has 4 saturated carbocycles. The zero-order valence-electron chi connectivity index (χ0n) is 16.2. The number of carbonyl (C=O) groups excluding carboxylic acids is 1. The molecule has 4 aliphatic carbocycles. The second-order valence-corrected chi connectivity index (χ2v) is 11.5. The third-order valence-electron chi connectivity index (χ3n) is 7.48. The summed E-state index contributed by atoms with van der Waals surface area (Å²) in [4.78, 5) is 18.6. The number of nitrogens with zero attached hydrogens (tertiary/aromatic N) is 1. The lowest BCUT2D eigenvalue weighted by Gasteiger charge is -2.56. The van der Waals surface area contributed by atoms with E-state index in [0.717, 1.165) is 64.2 Å². The largest absolute Gasteiger partial charge is 0.299 e. The molecule has 1 aromatic carbocycles. The minimum atomic E-state index is -0.179. The highest BCUT2D eigenvalue weighted by molar-refractivity contribution is 9.10. The van der Waals surface area contributed by atoms with Gasteiger partial charge in [0.05, 0.1) is 16.3 Å². The molecule has 0 unspecified atom stereocenters. The molecule has 0 radical (unpaired) electrons. The van der Waals surface area contributed by atoms with E-state index in [0.29, 0.717) is 12.2 Å². The summed E-state index contributed by atoms with van der Waals surface area (Å²) >= 11 is 9.91. The molecular formula is C23H27BrClNO. The third kappa shape index (κ3) is 3.13. The summed E-state index contributed by atoms with van der Waals surface area (Å²) in [5.74, 6) is 2.84. The number of halogens is 2.